The van der Waals surface area contributed by atoms with Gasteiger partial charge in [-0.3, -0.25) is 4.79 Å². The van der Waals surface area contributed by atoms with Gasteiger partial charge in [0.25, 0.3) is 0 Å². The van der Waals surface area contributed by atoms with E-state index in [0.29, 0.717) is 12.8 Å². The van der Waals surface area contributed by atoms with E-state index in [9.17, 15) is 4.79 Å². The molecule has 0 aliphatic rings. The summed E-state index contributed by atoms with van der Waals surface area (Å²) >= 11 is 5.05. The lowest BCUT2D eigenvalue weighted by molar-refractivity contribution is -0.140. The van der Waals surface area contributed by atoms with Crippen LogP contribution in [0.2, 0.25) is 0 Å². The van der Waals surface area contributed by atoms with Crippen molar-refractivity contribution < 1.29 is 9.53 Å². The molecule has 0 spiro atoms. The Balaban J connectivity index is 2.03. The van der Waals surface area contributed by atoms with Gasteiger partial charge in [0.15, 0.2) is 0 Å². The number of nitrogens with zero attached hydrogens (tertiary/aromatic N) is 1. The number of nitrogens with one attached hydrogen (secondary N) is 1. The number of carbonyl (C=O) groups excluding carboxylic acids is 1. The predicted molar refractivity (Wildman–Crippen MR) is 69.9 cm³/mol. The molecule has 0 saturated carbocycles. The van der Waals surface area contributed by atoms with Gasteiger partial charge in [-0.05, 0) is 22.0 Å². The molecule has 0 fully saturated rings. The van der Waals surface area contributed by atoms with Crippen LogP contribution in [0.5, 0.6) is 0 Å². The molecule has 0 atom stereocenters. The molecule has 0 bridgehead atoms. The molecule has 0 aromatic carbocycles. The minimum atomic E-state index is -0.221. The number of carbonyl (C=O) groups is 1. The average molecular weight is 315 g/mol. The average Bonchev–Trinajstić information content (AvgIpc) is 2.94. The van der Waals surface area contributed by atoms with Gasteiger partial charge in [0.05, 0.1) is 30.3 Å². The van der Waals surface area contributed by atoms with Crippen LogP contribution in [0.3, 0.4) is 0 Å². The van der Waals surface area contributed by atoms with Crippen LogP contribution in [0.25, 0.3) is 10.6 Å². The summed E-state index contributed by atoms with van der Waals surface area (Å²) in [7, 11) is 1.39. The van der Waals surface area contributed by atoms with Crippen molar-refractivity contribution in [1.29, 1.82) is 0 Å². The Bertz CT molecular complexity index is 521. The second-order valence-electron chi connectivity index (χ2n) is 3.45. The fourth-order valence-corrected chi connectivity index (χ4v) is 2.79. The highest BCUT2D eigenvalue weighted by Gasteiger charge is 2.07. The van der Waals surface area contributed by atoms with Gasteiger partial charge in [-0.25, -0.2) is 4.98 Å². The van der Waals surface area contributed by atoms with Gasteiger partial charge < -0.3 is 9.72 Å². The summed E-state index contributed by atoms with van der Waals surface area (Å²) in [5.41, 5.74) is 0.973. The molecule has 0 saturated heterocycles. The van der Waals surface area contributed by atoms with E-state index >= 15 is 0 Å². The van der Waals surface area contributed by atoms with Crippen LogP contribution in [-0.4, -0.2) is 23.0 Å². The van der Waals surface area contributed by atoms with Crippen molar-refractivity contribution in [1.82, 2.24) is 9.97 Å². The first-order valence-corrected chi connectivity index (χ1v) is 6.71. The van der Waals surface area contributed by atoms with Crippen LogP contribution in [0.1, 0.15) is 12.2 Å². The number of esters is 1. The van der Waals surface area contributed by atoms with Crippen molar-refractivity contribution in [3.8, 4) is 10.6 Å². The number of aryl methyl sites for hydroxylation is 1. The van der Waals surface area contributed by atoms with E-state index in [4.69, 9.17) is 0 Å². The largest absolute Gasteiger partial charge is 0.469 e. The molecule has 4 nitrogen and oxygen atoms in total. The number of hydrogen-bond acceptors (Lipinski definition) is 4. The highest BCUT2D eigenvalue weighted by Crippen LogP contribution is 2.28. The van der Waals surface area contributed by atoms with Crippen LogP contribution < -0.4 is 0 Å². The van der Waals surface area contributed by atoms with Gasteiger partial charge in [0.2, 0.25) is 0 Å². The third-order valence-electron chi connectivity index (χ3n) is 2.25. The van der Waals surface area contributed by atoms with E-state index in [1.54, 1.807) is 17.5 Å². The first-order valence-electron chi connectivity index (χ1n) is 5.04. The van der Waals surface area contributed by atoms with Gasteiger partial charge in [0, 0.05) is 16.3 Å². The number of rotatable bonds is 4. The quantitative estimate of drug-likeness (QED) is 0.883. The number of imidazole rings is 1. The fourth-order valence-electron chi connectivity index (χ4n) is 1.39. The van der Waals surface area contributed by atoms with Crippen LogP contribution in [0, 0.1) is 0 Å². The first-order chi connectivity index (χ1) is 8.19. The number of aromatic amines is 1. The Hall–Kier alpha value is -1.14. The smallest absolute Gasteiger partial charge is 0.305 e. The van der Waals surface area contributed by atoms with E-state index in [0.717, 1.165) is 20.9 Å². The predicted octanol–water partition coefficient (Wildman–Crippen LogP) is 3.01. The van der Waals surface area contributed by atoms with Crippen molar-refractivity contribution in [2.75, 3.05) is 7.11 Å². The monoisotopic (exact) mass is 314 g/mol. The van der Waals surface area contributed by atoms with Crippen LogP contribution in [0.15, 0.2) is 22.1 Å². The van der Waals surface area contributed by atoms with Crippen molar-refractivity contribution >= 4 is 33.2 Å². The Morgan fingerprint density at radius 3 is 3.12 bits per heavy atom. The summed E-state index contributed by atoms with van der Waals surface area (Å²) in [5.74, 6) is 0.580. The van der Waals surface area contributed by atoms with Gasteiger partial charge in [-0.15, -0.1) is 11.3 Å². The van der Waals surface area contributed by atoms with E-state index in [1.807, 2.05) is 11.4 Å². The van der Waals surface area contributed by atoms with Crippen LogP contribution in [-0.2, 0) is 16.0 Å². The molecule has 0 amide bonds. The maximum absolute atomic E-state index is 11.0. The minimum absolute atomic E-state index is 0.221. The molecule has 1 N–H and O–H groups in total. The highest BCUT2D eigenvalue weighted by molar-refractivity contribution is 9.10. The Labute approximate surface area is 111 Å². The molecule has 0 unspecified atom stereocenters. The lowest BCUT2D eigenvalue weighted by atomic mass is 10.3. The molecule has 2 rings (SSSR count). The summed E-state index contributed by atoms with van der Waals surface area (Å²) in [6.07, 6.45) is 2.70. The van der Waals surface area contributed by atoms with Gasteiger partial charge in [-0.1, -0.05) is 0 Å². The standard InChI is InChI=1S/C11H11BrN2O2S/c1-16-11(15)3-2-10-13-5-8(14-10)9-4-7(12)6-17-9/h4-6H,2-3H2,1H3,(H,13,14). The zero-order valence-corrected chi connectivity index (χ0v) is 11.6. The summed E-state index contributed by atoms with van der Waals surface area (Å²) in [6.45, 7) is 0. The van der Waals surface area contributed by atoms with Crippen LogP contribution in [0.4, 0.5) is 0 Å². The summed E-state index contributed by atoms with van der Waals surface area (Å²) in [5, 5.41) is 2.02. The summed E-state index contributed by atoms with van der Waals surface area (Å²) in [4.78, 5) is 19.5. The third-order valence-corrected chi connectivity index (χ3v) is 3.98. The Morgan fingerprint density at radius 1 is 1.65 bits per heavy atom. The number of methoxy groups -OCH3 is 1. The Morgan fingerprint density at radius 2 is 2.47 bits per heavy atom. The van der Waals surface area contributed by atoms with Gasteiger partial charge >= 0.3 is 5.97 Å². The number of halogens is 1. The third kappa shape index (κ3) is 3.17. The zero-order valence-electron chi connectivity index (χ0n) is 9.20. The fraction of sp³-hybridized carbons (Fsp3) is 0.273. The molecule has 0 radical (unpaired) electrons. The molecule has 6 heteroatoms. The van der Waals surface area contributed by atoms with Crippen molar-refractivity contribution in [2.45, 2.75) is 12.8 Å². The van der Waals surface area contributed by atoms with Crippen molar-refractivity contribution in [2.24, 2.45) is 0 Å². The first kappa shape index (κ1) is 12.3. The number of H-pyrrole nitrogens is 1. The number of aromatic nitrogens is 2. The maximum atomic E-state index is 11.0. The van der Waals surface area contributed by atoms with Gasteiger partial charge in [-0.2, -0.15) is 0 Å². The molecule has 2 aromatic rings. The minimum Gasteiger partial charge on any atom is -0.469 e. The highest BCUT2D eigenvalue weighted by atomic mass is 79.9. The zero-order chi connectivity index (χ0) is 12.3. The lowest BCUT2D eigenvalue weighted by Crippen LogP contribution is -2.02. The molecule has 2 aromatic heterocycles. The second-order valence-corrected chi connectivity index (χ2v) is 5.28. The lowest BCUT2D eigenvalue weighted by Gasteiger charge is -1.96. The molecule has 90 valence electrons. The topological polar surface area (TPSA) is 55.0 Å². The second kappa shape index (κ2) is 5.46. The Kier molecular flexibility index (Phi) is 3.96. The number of thiophene rings is 1. The van der Waals surface area contributed by atoms with E-state index in [1.165, 1.54) is 7.11 Å². The molecular weight excluding hydrogens is 304 g/mol. The number of ether oxygens (including phenoxy) is 1. The van der Waals surface area contributed by atoms with Gasteiger partial charge in [0.1, 0.15) is 5.82 Å². The number of hydrogen-bond donors (Lipinski definition) is 1. The normalized spacial score (nSPS) is 10.5. The molecular formula is C11H11BrN2O2S. The van der Waals surface area contributed by atoms with Crippen LogP contribution >= 0.6 is 27.3 Å². The molecule has 17 heavy (non-hydrogen) atoms. The van der Waals surface area contributed by atoms with E-state index < -0.39 is 0 Å². The van der Waals surface area contributed by atoms with E-state index in [2.05, 4.69) is 30.6 Å². The maximum Gasteiger partial charge on any atom is 0.305 e. The van der Waals surface area contributed by atoms with Crippen molar-refractivity contribution in [3.63, 3.8) is 0 Å². The molecule has 0 aliphatic heterocycles. The van der Waals surface area contributed by atoms with Crippen molar-refractivity contribution in [3.05, 3.63) is 27.9 Å². The SMILES string of the molecule is COC(=O)CCc1ncc(-c2cc(Br)cs2)[nH]1. The summed E-state index contributed by atoms with van der Waals surface area (Å²) in [6, 6.07) is 2.03. The molecule has 0 aliphatic carbocycles. The summed E-state index contributed by atoms with van der Waals surface area (Å²) < 4.78 is 5.64. The van der Waals surface area contributed by atoms with E-state index in [-0.39, 0.29) is 5.97 Å². The molecule has 2 heterocycles.